The van der Waals surface area contributed by atoms with Crippen LogP contribution in [-0.2, 0) is 0 Å². The van der Waals surface area contributed by atoms with Gasteiger partial charge in [0.25, 0.3) is 5.69 Å². The number of hydrogen-bond donors (Lipinski definition) is 0. The number of halogens is 2. The van der Waals surface area contributed by atoms with E-state index in [0.29, 0.717) is 5.02 Å². The number of piperazine rings is 1. The Bertz CT molecular complexity index is 1510. The van der Waals surface area contributed by atoms with Crippen LogP contribution in [0.3, 0.4) is 0 Å². The van der Waals surface area contributed by atoms with Crippen molar-refractivity contribution in [3.8, 4) is 22.4 Å². The number of hydrogen-bond acceptors (Lipinski definition) is 4. The maximum atomic E-state index is 15.2. The first-order valence-electron chi connectivity index (χ1n) is 13.2. The fraction of sp³-hybridized carbons (Fsp3) is 0.290. The quantitative estimate of drug-likeness (QED) is 0.181. The lowest BCUT2D eigenvalue weighted by Gasteiger charge is -2.37. The average molecular weight is 547 g/mol. The lowest BCUT2D eigenvalue weighted by Crippen LogP contribution is -2.46. The predicted octanol–water partition coefficient (Wildman–Crippen LogP) is 8.05. The van der Waals surface area contributed by atoms with Crippen LogP contribution in [0.4, 0.5) is 21.5 Å². The highest BCUT2D eigenvalue weighted by Crippen LogP contribution is 2.42. The zero-order valence-corrected chi connectivity index (χ0v) is 23.4. The highest BCUT2D eigenvalue weighted by molar-refractivity contribution is 6.30. The van der Waals surface area contributed by atoms with Gasteiger partial charge >= 0.3 is 0 Å². The van der Waals surface area contributed by atoms with Crippen LogP contribution in [0.1, 0.15) is 31.1 Å². The molecule has 1 fully saturated rings. The minimum absolute atomic E-state index is 0.0828. The van der Waals surface area contributed by atoms with Crippen molar-refractivity contribution in [2.24, 2.45) is 0 Å². The number of rotatable bonds is 6. The van der Waals surface area contributed by atoms with E-state index in [1.54, 1.807) is 24.3 Å². The lowest BCUT2D eigenvalue weighted by molar-refractivity contribution is -0.384. The van der Waals surface area contributed by atoms with E-state index in [-0.39, 0.29) is 22.5 Å². The van der Waals surface area contributed by atoms with Gasteiger partial charge < -0.3 is 14.4 Å². The molecule has 0 spiro atoms. The Morgan fingerprint density at radius 1 is 0.846 bits per heavy atom. The van der Waals surface area contributed by atoms with Crippen LogP contribution in [0.25, 0.3) is 22.4 Å². The highest BCUT2D eigenvalue weighted by atomic mass is 35.5. The summed E-state index contributed by atoms with van der Waals surface area (Å²) in [7, 11) is 0. The molecule has 0 saturated carbocycles. The first kappa shape index (κ1) is 26.8. The SMILES string of the molecule is Cc1c(-c2cc(F)cc(N3CCN(c4ccc([N+](=O)[O-])cc4)CC3)c2)c(-c2ccc(Cl)cc2)n(C(C)C)c1C. The number of nitro groups is 1. The predicted molar refractivity (Wildman–Crippen MR) is 158 cm³/mol. The van der Waals surface area contributed by atoms with Gasteiger partial charge in [0, 0.05) is 72.0 Å². The van der Waals surface area contributed by atoms with E-state index in [1.165, 1.54) is 12.1 Å². The Balaban J connectivity index is 1.47. The molecule has 1 aliphatic heterocycles. The molecule has 3 aromatic carbocycles. The summed E-state index contributed by atoms with van der Waals surface area (Å²) in [6.07, 6.45) is 0. The maximum Gasteiger partial charge on any atom is 0.269 e. The molecule has 6 nitrogen and oxygen atoms in total. The summed E-state index contributed by atoms with van der Waals surface area (Å²) in [5.74, 6) is -0.267. The van der Waals surface area contributed by atoms with Gasteiger partial charge in [-0.15, -0.1) is 0 Å². The van der Waals surface area contributed by atoms with Crippen molar-refractivity contribution < 1.29 is 9.31 Å². The Kier molecular flexibility index (Phi) is 7.36. The molecule has 1 aromatic heterocycles. The van der Waals surface area contributed by atoms with Crippen molar-refractivity contribution in [1.82, 2.24) is 4.57 Å². The van der Waals surface area contributed by atoms with E-state index in [4.69, 9.17) is 11.6 Å². The number of aromatic nitrogens is 1. The molecule has 5 rings (SSSR count). The van der Waals surface area contributed by atoms with Gasteiger partial charge in [-0.1, -0.05) is 23.7 Å². The van der Waals surface area contributed by atoms with Crippen LogP contribution < -0.4 is 9.80 Å². The van der Waals surface area contributed by atoms with Gasteiger partial charge in [0.2, 0.25) is 0 Å². The molecule has 4 aromatic rings. The van der Waals surface area contributed by atoms with Gasteiger partial charge in [-0.2, -0.15) is 0 Å². The molecule has 39 heavy (non-hydrogen) atoms. The van der Waals surface area contributed by atoms with Crippen molar-refractivity contribution in [3.05, 3.63) is 98.9 Å². The molecule has 1 aliphatic rings. The summed E-state index contributed by atoms with van der Waals surface area (Å²) in [6.45, 7) is 11.5. The number of benzene rings is 3. The Morgan fingerprint density at radius 2 is 1.44 bits per heavy atom. The third-order valence-electron chi connectivity index (χ3n) is 7.63. The zero-order valence-electron chi connectivity index (χ0n) is 22.6. The Morgan fingerprint density at radius 3 is 2.00 bits per heavy atom. The van der Waals surface area contributed by atoms with Crippen LogP contribution in [0.2, 0.25) is 5.02 Å². The third kappa shape index (κ3) is 5.23. The second-order valence-corrected chi connectivity index (χ2v) is 10.8. The summed E-state index contributed by atoms with van der Waals surface area (Å²) in [4.78, 5) is 15.0. The summed E-state index contributed by atoms with van der Waals surface area (Å²) in [5.41, 5.74) is 8.18. The molecule has 0 atom stereocenters. The normalized spacial score (nSPS) is 13.8. The zero-order chi connectivity index (χ0) is 27.8. The number of non-ortho nitro benzene ring substituents is 1. The lowest BCUT2D eigenvalue weighted by atomic mass is 9.96. The monoisotopic (exact) mass is 546 g/mol. The first-order chi connectivity index (χ1) is 18.6. The maximum absolute atomic E-state index is 15.2. The second-order valence-electron chi connectivity index (χ2n) is 10.4. The van der Waals surface area contributed by atoms with Gasteiger partial charge in [-0.25, -0.2) is 4.39 Å². The third-order valence-corrected chi connectivity index (χ3v) is 7.88. The van der Waals surface area contributed by atoms with Crippen LogP contribution >= 0.6 is 11.6 Å². The largest absolute Gasteiger partial charge is 0.368 e. The van der Waals surface area contributed by atoms with Crippen LogP contribution in [0.15, 0.2) is 66.7 Å². The topological polar surface area (TPSA) is 54.6 Å². The van der Waals surface area contributed by atoms with Crippen LogP contribution in [-0.4, -0.2) is 35.7 Å². The van der Waals surface area contributed by atoms with E-state index in [0.717, 1.165) is 71.2 Å². The molecule has 8 heteroatoms. The number of anilines is 2. The first-order valence-corrected chi connectivity index (χ1v) is 13.5. The highest BCUT2D eigenvalue weighted by Gasteiger charge is 2.24. The smallest absolute Gasteiger partial charge is 0.269 e. The second kappa shape index (κ2) is 10.7. The van der Waals surface area contributed by atoms with E-state index >= 15 is 4.39 Å². The van der Waals surface area contributed by atoms with Crippen molar-refractivity contribution in [2.45, 2.75) is 33.7 Å². The molecule has 0 bridgehead atoms. The molecule has 2 heterocycles. The van der Waals surface area contributed by atoms with E-state index in [2.05, 4.69) is 48.1 Å². The molecular formula is C31H32ClFN4O2. The van der Waals surface area contributed by atoms with Gasteiger partial charge in [0.1, 0.15) is 5.82 Å². The van der Waals surface area contributed by atoms with Crippen molar-refractivity contribution in [1.29, 1.82) is 0 Å². The molecule has 0 unspecified atom stereocenters. The van der Waals surface area contributed by atoms with Crippen LogP contribution in [0.5, 0.6) is 0 Å². The average Bonchev–Trinajstić information content (AvgIpc) is 3.19. The van der Waals surface area contributed by atoms with Gasteiger partial charge in [0.05, 0.1) is 10.6 Å². The molecular weight excluding hydrogens is 515 g/mol. The molecule has 202 valence electrons. The van der Waals surface area contributed by atoms with Gasteiger partial charge in [-0.05, 0) is 86.8 Å². The Labute approximate surface area is 233 Å². The van der Waals surface area contributed by atoms with Gasteiger partial charge in [-0.3, -0.25) is 10.1 Å². The fourth-order valence-corrected chi connectivity index (χ4v) is 5.75. The molecule has 0 radical (unpaired) electrons. The molecule has 1 saturated heterocycles. The van der Waals surface area contributed by atoms with Crippen LogP contribution in [0, 0.1) is 29.8 Å². The minimum Gasteiger partial charge on any atom is -0.368 e. The Hall–Kier alpha value is -3.84. The van der Waals surface area contributed by atoms with E-state index in [1.807, 2.05) is 24.3 Å². The summed E-state index contributed by atoms with van der Waals surface area (Å²) in [5, 5.41) is 11.7. The fourth-order valence-electron chi connectivity index (χ4n) is 5.63. The molecule has 0 N–H and O–H groups in total. The molecule has 0 amide bonds. The van der Waals surface area contributed by atoms with Gasteiger partial charge in [0.15, 0.2) is 0 Å². The van der Waals surface area contributed by atoms with E-state index in [9.17, 15) is 10.1 Å². The molecule has 0 aliphatic carbocycles. The number of nitro benzene ring substituents is 1. The minimum atomic E-state index is -0.389. The standard InChI is InChI=1S/C31H32ClFN4O2/c1-20(2)36-22(4)21(3)30(31(36)23-5-7-25(32)8-6-23)24-17-26(33)19-29(18-24)35-15-13-34(14-16-35)27-9-11-28(12-10-27)37(38)39/h5-12,17-20H,13-16H2,1-4H3. The van der Waals surface area contributed by atoms with Crippen molar-refractivity contribution >= 4 is 28.7 Å². The van der Waals surface area contributed by atoms with E-state index < -0.39 is 0 Å². The summed E-state index contributed by atoms with van der Waals surface area (Å²) >= 11 is 6.20. The van der Waals surface area contributed by atoms with Crippen molar-refractivity contribution in [3.63, 3.8) is 0 Å². The summed E-state index contributed by atoms with van der Waals surface area (Å²) < 4.78 is 17.5. The van der Waals surface area contributed by atoms with Crippen molar-refractivity contribution in [2.75, 3.05) is 36.0 Å². The number of nitrogens with zero attached hydrogens (tertiary/aromatic N) is 4. The summed E-state index contributed by atoms with van der Waals surface area (Å²) in [6, 6.07) is 20.0.